The predicted octanol–water partition coefficient (Wildman–Crippen LogP) is 4.60. The quantitative estimate of drug-likeness (QED) is 0.501. The lowest BCUT2D eigenvalue weighted by Crippen LogP contribution is -2.13. The van der Waals surface area contributed by atoms with Crippen LogP contribution in [0.4, 0.5) is 11.4 Å². The van der Waals surface area contributed by atoms with Crippen molar-refractivity contribution in [3.05, 3.63) is 74.4 Å². The number of hydrogen-bond donors (Lipinski definition) is 2. The van der Waals surface area contributed by atoms with E-state index >= 15 is 0 Å². The maximum atomic E-state index is 11.1. The van der Waals surface area contributed by atoms with Gasteiger partial charge in [-0.2, -0.15) is 0 Å². The highest BCUT2D eigenvalue weighted by molar-refractivity contribution is 6.36. The number of pyridine rings is 1. The largest absolute Gasteiger partial charge is 0.386 e. The van der Waals surface area contributed by atoms with E-state index < -0.39 is 11.0 Å². The second-order valence-electron chi connectivity index (χ2n) is 5.32. The fraction of sp³-hybridized carbons (Fsp3) is 0.118. The normalized spacial score (nSPS) is 12.1. The first-order chi connectivity index (χ1) is 12.0. The Balaban J connectivity index is 1.89. The van der Waals surface area contributed by atoms with Gasteiger partial charge in [-0.25, -0.2) is 0 Å². The number of aromatic nitrogens is 1. The van der Waals surface area contributed by atoms with Gasteiger partial charge in [-0.05, 0) is 30.3 Å². The standard InChI is InChI=1S/C17H13Cl2N3O3/c18-11-4-1-5-12(19)16(11)15(23)9-21-13-6-7-14(22(24)25)10-3-2-8-20-17(10)13/h1-8,15,21,23H,9H2. The molecule has 2 aromatic carbocycles. The molecule has 3 rings (SSSR count). The van der Waals surface area contributed by atoms with Crippen LogP contribution in [0.5, 0.6) is 0 Å². The van der Waals surface area contributed by atoms with Crippen LogP contribution in [-0.4, -0.2) is 21.6 Å². The molecule has 0 spiro atoms. The van der Waals surface area contributed by atoms with Crippen LogP contribution in [0.15, 0.2) is 48.7 Å². The Morgan fingerprint density at radius 1 is 1.16 bits per heavy atom. The molecule has 1 heterocycles. The highest BCUT2D eigenvalue weighted by Gasteiger charge is 2.18. The molecule has 0 bridgehead atoms. The van der Waals surface area contributed by atoms with E-state index in [2.05, 4.69) is 10.3 Å². The minimum atomic E-state index is -0.949. The topological polar surface area (TPSA) is 88.3 Å². The summed E-state index contributed by atoms with van der Waals surface area (Å²) in [5.74, 6) is 0. The van der Waals surface area contributed by atoms with Gasteiger partial charge in [-0.15, -0.1) is 0 Å². The van der Waals surface area contributed by atoms with Gasteiger partial charge in [0.05, 0.1) is 22.1 Å². The second-order valence-corrected chi connectivity index (χ2v) is 6.14. The third-order valence-electron chi connectivity index (χ3n) is 3.76. The van der Waals surface area contributed by atoms with Crippen LogP contribution >= 0.6 is 23.2 Å². The second kappa shape index (κ2) is 7.23. The summed E-state index contributed by atoms with van der Waals surface area (Å²) in [6.45, 7) is 0.118. The molecule has 6 nitrogen and oxygen atoms in total. The van der Waals surface area contributed by atoms with Crippen molar-refractivity contribution in [1.82, 2.24) is 4.98 Å². The van der Waals surface area contributed by atoms with Gasteiger partial charge < -0.3 is 10.4 Å². The van der Waals surface area contributed by atoms with Crippen molar-refractivity contribution in [3.8, 4) is 0 Å². The van der Waals surface area contributed by atoms with Gasteiger partial charge in [0.25, 0.3) is 5.69 Å². The van der Waals surface area contributed by atoms with Crippen LogP contribution in [0.25, 0.3) is 10.9 Å². The third kappa shape index (κ3) is 3.51. The Hall–Kier alpha value is -2.41. The van der Waals surface area contributed by atoms with Gasteiger partial charge in [0.15, 0.2) is 0 Å². The first kappa shape index (κ1) is 17.4. The molecule has 0 saturated heterocycles. The van der Waals surface area contributed by atoms with Gasteiger partial charge in [-0.3, -0.25) is 15.1 Å². The Morgan fingerprint density at radius 2 is 1.88 bits per heavy atom. The summed E-state index contributed by atoms with van der Waals surface area (Å²) in [5, 5.41) is 25.7. The number of hydrogen-bond acceptors (Lipinski definition) is 5. The van der Waals surface area contributed by atoms with E-state index in [1.165, 1.54) is 6.07 Å². The molecule has 0 radical (unpaired) electrons. The van der Waals surface area contributed by atoms with E-state index in [1.54, 1.807) is 42.6 Å². The number of anilines is 1. The van der Waals surface area contributed by atoms with Crippen molar-refractivity contribution in [2.24, 2.45) is 0 Å². The number of nitrogens with zero attached hydrogens (tertiary/aromatic N) is 2. The van der Waals surface area contributed by atoms with Crippen LogP contribution in [0.2, 0.25) is 10.0 Å². The molecule has 3 aromatic rings. The summed E-state index contributed by atoms with van der Waals surface area (Å²) < 4.78 is 0. The van der Waals surface area contributed by atoms with E-state index in [4.69, 9.17) is 23.2 Å². The molecule has 0 saturated carbocycles. The average molecular weight is 378 g/mol. The Kier molecular flexibility index (Phi) is 5.03. The van der Waals surface area contributed by atoms with E-state index in [0.717, 1.165) is 0 Å². The monoisotopic (exact) mass is 377 g/mol. The Morgan fingerprint density at radius 3 is 2.56 bits per heavy atom. The summed E-state index contributed by atoms with van der Waals surface area (Å²) in [5.41, 5.74) is 1.43. The third-order valence-corrected chi connectivity index (χ3v) is 4.42. The predicted molar refractivity (Wildman–Crippen MR) is 98.3 cm³/mol. The number of nitro groups is 1. The first-order valence-corrected chi connectivity index (χ1v) is 8.12. The van der Waals surface area contributed by atoms with Gasteiger partial charge in [0, 0.05) is 34.4 Å². The minimum absolute atomic E-state index is 0.0247. The molecule has 0 aliphatic heterocycles. The molecule has 1 atom stereocenters. The average Bonchev–Trinajstić information content (AvgIpc) is 2.59. The summed E-state index contributed by atoms with van der Waals surface area (Å²) >= 11 is 12.2. The smallest absolute Gasteiger partial charge is 0.278 e. The van der Waals surface area contributed by atoms with Gasteiger partial charge in [0.1, 0.15) is 5.52 Å². The van der Waals surface area contributed by atoms with Crippen molar-refractivity contribution in [1.29, 1.82) is 0 Å². The molecule has 1 unspecified atom stereocenters. The number of aliphatic hydroxyl groups is 1. The van der Waals surface area contributed by atoms with E-state index in [-0.39, 0.29) is 12.2 Å². The van der Waals surface area contributed by atoms with Crippen LogP contribution < -0.4 is 5.32 Å². The lowest BCUT2D eigenvalue weighted by Gasteiger charge is -2.16. The zero-order valence-electron chi connectivity index (χ0n) is 12.8. The lowest BCUT2D eigenvalue weighted by atomic mass is 10.1. The summed E-state index contributed by atoms with van der Waals surface area (Å²) in [6.07, 6.45) is 0.605. The first-order valence-electron chi connectivity index (χ1n) is 7.37. The van der Waals surface area contributed by atoms with Crippen LogP contribution in [0.1, 0.15) is 11.7 Å². The number of nitro benzene ring substituents is 1. The number of fused-ring (bicyclic) bond motifs is 1. The highest BCUT2D eigenvalue weighted by atomic mass is 35.5. The zero-order valence-corrected chi connectivity index (χ0v) is 14.3. The Labute approximate surface area is 153 Å². The number of nitrogens with one attached hydrogen (secondary N) is 1. The number of halogens is 2. The number of aliphatic hydroxyl groups excluding tert-OH is 1. The molecule has 1 aromatic heterocycles. The fourth-order valence-corrected chi connectivity index (χ4v) is 3.25. The number of non-ortho nitro benzene ring substituents is 1. The van der Waals surface area contributed by atoms with E-state index in [9.17, 15) is 15.2 Å². The van der Waals surface area contributed by atoms with Crippen molar-refractivity contribution in [3.63, 3.8) is 0 Å². The Bertz CT molecular complexity index is 929. The number of rotatable bonds is 5. The van der Waals surface area contributed by atoms with Gasteiger partial charge in [-0.1, -0.05) is 29.3 Å². The van der Waals surface area contributed by atoms with Crippen molar-refractivity contribution in [2.75, 3.05) is 11.9 Å². The molecule has 2 N–H and O–H groups in total. The van der Waals surface area contributed by atoms with Crippen LogP contribution in [0.3, 0.4) is 0 Å². The van der Waals surface area contributed by atoms with Gasteiger partial charge in [0.2, 0.25) is 0 Å². The molecular weight excluding hydrogens is 365 g/mol. The highest BCUT2D eigenvalue weighted by Crippen LogP contribution is 2.32. The summed E-state index contributed by atoms with van der Waals surface area (Å²) in [4.78, 5) is 14.9. The fourth-order valence-electron chi connectivity index (χ4n) is 2.60. The molecule has 0 aliphatic rings. The zero-order chi connectivity index (χ0) is 18.0. The maximum Gasteiger partial charge on any atom is 0.278 e. The molecule has 128 valence electrons. The SMILES string of the molecule is O=[N+]([O-])c1ccc(NCC(O)c2c(Cl)cccc2Cl)c2ncccc12. The molecule has 0 amide bonds. The minimum Gasteiger partial charge on any atom is -0.386 e. The van der Waals surface area contributed by atoms with E-state index in [0.29, 0.717) is 32.2 Å². The molecular formula is C17H13Cl2N3O3. The molecule has 0 aliphatic carbocycles. The maximum absolute atomic E-state index is 11.1. The molecule has 25 heavy (non-hydrogen) atoms. The summed E-state index contributed by atoms with van der Waals surface area (Å²) in [7, 11) is 0. The summed E-state index contributed by atoms with van der Waals surface area (Å²) in [6, 6.07) is 11.2. The van der Waals surface area contributed by atoms with Crippen LogP contribution in [-0.2, 0) is 0 Å². The lowest BCUT2D eigenvalue weighted by molar-refractivity contribution is -0.383. The van der Waals surface area contributed by atoms with Crippen molar-refractivity contribution in [2.45, 2.75) is 6.10 Å². The van der Waals surface area contributed by atoms with Crippen molar-refractivity contribution < 1.29 is 10.0 Å². The van der Waals surface area contributed by atoms with Crippen molar-refractivity contribution >= 4 is 45.5 Å². The molecule has 0 fully saturated rings. The molecule has 8 heteroatoms. The van der Waals surface area contributed by atoms with E-state index in [1.807, 2.05) is 0 Å². The van der Waals surface area contributed by atoms with Gasteiger partial charge >= 0.3 is 0 Å². The van der Waals surface area contributed by atoms with Crippen LogP contribution in [0, 0.1) is 10.1 Å². The number of benzene rings is 2.